The minimum absolute atomic E-state index is 0.496. The predicted molar refractivity (Wildman–Crippen MR) is 37.9 cm³/mol. The van der Waals surface area contributed by atoms with Crippen LogP contribution in [0.2, 0.25) is 0 Å². The van der Waals surface area contributed by atoms with E-state index in [2.05, 4.69) is 4.89 Å². The molecule has 3 nitrogen and oxygen atoms in total. The van der Waals surface area contributed by atoms with Crippen LogP contribution < -0.4 is 4.89 Å². The molecule has 0 fully saturated rings. The number of hydrogen-bond acceptors (Lipinski definition) is 3. The molecular weight excluding hydrogens is 144 g/mol. The van der Waals surface area contributed by atoms with E-state index in [0.717, 1.165) is 5.56 Å². The molecule has 1 aliphatic heterocycles. The predicted octanol–water partition coefficient (Wildman–Crippen LogP) is 0.871. The summed E-state index contributed by atoms with van der Waals surface area (Å²) in [5.74, 6) is 0.692. The molecule has 1 aromatic rings. The van der Waals surface area contributed by atoms with Gasteiger partial charge in [0.1, 0.15) is 0 Å². The van der Waals surface area contributed by atoms with E-state index in [9.17, 15) is 0 Å². The van der Waals surface area contributed by atoms with Gasteiger partial charge in [-0.05, 0) is 6.07 Å². The van der Waals surface area contributed by atoms with E-state index < -0.39 is 6.29 Å². The molecule has 0 saturated heterocycles. The molecule has 1 aromatic carbocycles. The van der Waals surface area contributed by atoms with Crippen molar-refractivity contribution in [2.45, 2.75) is 12.7 Å². The van der Waals surface area contributed by atoms with Gasteiger partial charge >= 0.3 is 0 Å². The summed E-state index contributed by atoms with van der Waals surface area (Å²) in [6.45, 7) is 0. The van der Waals surface area contributed by atoms with Crippen LogP contribution in [0.5, 0.6) is 5.75 Å². The molecule has 1 heterocycles. The highest BCUT2D eigenvalue weighted by molar-refractivity contribution is 5.33. The maximum Gasteiger partial charge on any atom is 0.204 e. The number of benzene rings is 1. The highest BCUT2D eigenvalue weighted by Crippen LogP contribution is 2.24. The third-order valence-electron chi connectivity index (χ3n) is 1.62. The quantitative estimate of drug-likeness (QED) is 0.560. The lowest BCUT2D eigenvalue weighted by Crippen LogP contribution is -2.22. The third kappa shape index (κ3) is 1.20. The van der Waals surface area contributed by atoms with Crippen LogP contribution in [0.1, 0.15) is 5.56 Å². The zero-order valence-corrected chi connectivity index (χ0v) is 5.86. The van der Waals surface area contributed by atoms with Crippen molar-refractivity contribution in [1.29, 1.82) is 0 Å². The molecule has 0 spiro atoms. The Labute approximate surface area is 64.1 Å². The van der Waals surface area contributed by atoms with E-state index in [1.54, 1.807) is 6.07 Å². The maximum absolute atomic E-state index is 9.01. The molecule has 0 radical (unpaired) electrons. The fourth-order valence-corrected chi connectivity index (χ4v) is 1.08. The largest absolute Gasteiger partial charge is 0.365 e. The zero-order chi connectivity index (χ0) is 7.68. The van der Waals surface area contributed by atoms with Crippen molar-refractivity contribution in [3.63, 3.8) is 0 Å². The molecule has 58 valence electrons. The van der Waals surface area contributed by atoms with E-state index >= 15 is 0 Å². The second-order valence-electron chi connectivity index (χ2n) is 2.45. The molecule has 0 amide bonds. The molecule has 0 aliphatic carbocycles. The molecule has 1 atom stereocenters. The topological polar surface area (TPSA) is 38.7 Å². The molecule has 11 heavy (non-hydrogen) atoms. The van der Waals surface area contributed by atoms with Crippen molar-refractivity contribution in [3.8, 4) is 5.75 Å². The van der Waals surface area contributed by atoms with Crippen molar-refractivity contribution >= 4 is 0 Å². The summed E-state index contributed by atoms with van der Waals surface area (Å²) in [5.41, 5.74) is 0.978. The highest BCUT2D eigenvalue weighted by atomic mass is 17.2. The molecule has 1 unspecified atom stereocenters. The average Bonchev–Trinajstić information content (AvgIpc) is 2.04. The van der Waals surface area contributed by atoms with Gasteiger partial charge in [0, 0.05) is 12.0 Å². The zero-order valence-electron chi connectivity index (χ0n) is 5.86. The second kappa shape index (κ2) is 2.53. The highest BCUT2D eigenvalue weighted by Gasteiger charge is 2.17. The van der Waals surface area contributed by atoms with Gasteiger partial charge in [-0.15, -0.1) is 0 Å². The van der Waals surface area contributed by atoms with E-state index in [1.165, 1.54) is 0 Å². The molecule has 0 bridgehead atoms. The fourth-order valence-electron chi connectivity index (χ4n) is 1.08. The van der Waals surface area contributed by atoms with Gasteiger partial charge in [-0.3, -0.25) is 0 Å². The van der Waals surface area contributed by atoms with Crippen molar-refractivity contribution in [3.05, 3.63) is 29.8 Å². The van der Waals surface area contributed by atoms with Gasteiger partial charge < -0.3 is 9.99 Å². The summed E-state index contributed by atoms with van der Waals surface area (Å²) < 4.78 is 0. The standard InChI is InChI=1S/C8H8O3/c9-8-5-6-3-1-2-4-7(6)10-11-8/h1-4,8-9H,5H2. The summed E-state index contributed by atoms with van der Waals surface area (Å²) in [6, 6.07) is 7.47. The minimum atomic E-state index is -0.829. The van der Waals surface area contributed by atoms with Crippen molar-refractivity contribution in [2.75, 3.05) is 0 Å². The summed E-state index contributed by atoms with van der Waals surface area (Å²) in [4.78, 5) is 9.35. The Kier molecular flexibility index (Phi) is 1.52. The van der Waals surface area contributed by atoms with Gasteiger partial charge in [0.15, 0.2) is 5.75 Å². The lowest BCUT2D eigenvalue weighted by atomic mass is 10.1. The van der Waals surface area contributed by atoms with Crippen molar-refractivity contribution in [1.82, 2.24) is 0 Å². The number of para-hydroxylation sites is 1. The van der Waals surface area contributed by atoms with Gasteiger partial charge in [-0.25, -0.2) is 0 Å². The fraction of sp³-hybridized carbons (Fsp3) is 0.250. The Balaban J connectivity index is 2.34. The summed E-state index contributed by atoms with van der Waals surface area (Å²) in [6.07, 6.45) is -0.333. The van der Waals surface area contributed by atoms with Crippen LogP contribution in [-0.4, -0.2) is 11.4 Å². The van der Waals surface area contributed by atoms with Gasteiger partial charge in [-0.1, -0.05) is 18.2 Å². The van der Waals surface area contributed by atoms with Crippen LogP contribution in [-0.2, 0) is 11.3 Å². The third-order valence-corrected chi connectivity index (χ3v) is 1.62. The molecular formula is C8H8O3. The lowest BCUT2D eigenvalue weighted by Gasteiger charge is -2.19. The first-order valence-corrected chi connectivity index (χ1v) is 3.45. The van der Waals surface area contributed by atoms with Crippen LogP contribution in [0, 0.1) is 0 Å². The number of hydrogen-bond donors (Lipinski definition) is 1. The van der Waals surface area contributed by atoms with Crippen LogP contribution in [0.15, 0.2) is 24.3 Å². The number of aliphatic hydroxyl groups excluding tert-OH is 1. The van der Waals surface area contributed by atoms with Gasteiger partial charge in [0.05, 0.1) is 0 Å². The number of fused-ring (bicyclic) bond motifs is 1. The average molecular weight is 152 g/mol. The van der Waals surface area contributed by atoms with Crippen LogP contribution in [0.3, 0.4) is 0 Å². The van der Waals surface area contributed by atoms with Crippen LogP contribution in [0.4, 0.5) is 0 Å². The smallest absolute Gasteiger partial charge is 0.204 e. The first kappa shape index (κ1) is 6.64. The normalized spacial score (nSPS) is 22.1. The Hall–Kier alpha value is -1.06. The van der Waals surface area contributed by atoms with Gasteiger partial charge in [0.2, 0.25) is 6.29 Å². The maximum atomic E-state index is 9.01. The molecule has 0 saturated carbocycles. The SMILES string of the molecule is OC1Cc2ccccc2OO1. The van der Waals surface area contributed by atoms with Crippen molar-refractivity contribution < 1.29 is 14.9 Å². The molecule has 2 rings (SSSR count). The minimum Gasteiger partial charge on any atom is -0.365 e. The summed E-state index contributed by atoms with van der Waals surface area (Å²) in [7, 11) is 0. The molecule has 0 aromatic heterocycles. The molecule has 1 N–H and O–H groups in total. The van der Waals surface area contributed by atoms with Crippen LogP contribution in [0.25, 0.3) is 0 Å². The lowest BCUT2D eigenvalue weighted by molar-refractivity contribution is -0.314. The van der Waals surface area contributed by atoms with Crippen molar-refractivity contribution in [2.24, 2.45) is 0 Å². The van der Waals surface area contributed by atoms with Gasteiger partial charge in [0.25, 0.3) is 0 Å². The summed E-state index contributed by atoms with van der Waals surface area (Å²) >= 11 is 0. The van der Waals surface area contributed by atoms with E-state index in [1.807, 2.05) is 18.2 Å². The van der Waals surface area contributed by atoms with E-state index in [0.29, 0.717) is 12.2 Å². The Morgan fingerprint density at radius 3 is 3.09 bits per heavy atom. The number of aliphatic hydroxyl groups is 1. The first-order valence-electron chi connectivity index (χ1n) is 3.45. The molecule has 1 aliphatic rings. The molecule has 3 heteroatoms. The van der Waals surface area contributed by atoms with Gasteiger partial charge in [-0.2, -0.15) is 4.89 Å². The summed E-state index contributed by atoms with van der Waals surface area (Å²) in [5, 5.41) is 9.01. The number of rotatable bonds is 0. The van der Waals surface area contributed by atoms with E-state index in [-0.39, 0.29) is 0 Å². The first-order chi connectivity index (χ1) is 5.36. The Morgan fingerprint density at radius 2 is 2.18 bits per heavy atom. The second-order valence-corrected chi connectivity index (χ2v) is 2.45. The van der Waals surface area contributed by atoms with Crippen LogP contribution >= 0.6 is 0 Å². The monoisotopic (exact) mass is 152 g/mol. The Bertz CT molecular complexity index is 259. The Morgan fingerprint density at radius 1 is 1.36 bits per heavy atom. The van der Waals surface area contributed by atoms with E-state index in [4.69, 9.17) is 9.99 Å².